The summed E-state index contributed by atoms with van der Waals surface area (Å²) in [6.45, 7) is 2.38. The smallest absolute Gasteiger partial charge is 0.228 e. The fourth-order valence-electron chi connectivity index (χ4n) is 2.58. The van der Waals surface area contributed by atoms with Crippen molar-refractivity contribution in [2.75, 3.05) is 11.9 Å². The van der Waals surface area contributed by atoms with Gasteiger partial charge in [-0.3, -0.25) is 9.78 Å². The summed E-state index contributed by atoms with van der Waals surface area (Å²) >= 11 is 6.16. The van der Waals surface area contributed by atoms with Gasteiger partial charge in [0.2, 0.25) is 5.91 Å². The Balaban J connectivity index is 1.82. The number of aromatic nitrogens is 1. The van der Waals surface area contributed by atoms with E-state index in [0.29, 0.717) is 23.1 Å². The second-order valence-electron chi connectivity index (χ2n) is 5.29. The highest BCUT2D eigenvalue weighted by molar-refractivity contribution is 6.32. The van der Waals surface area contributed by atoms with E-state index in [0.717, 1.165) is 16.3 Å². The average Bonchev–Trinajstić information content (AvgIpc) is 2.58. The van der Waals surface area contributed by atoms with E-state index in [1.165, 1.54) is 0 Å². The van der Waals surface area contributed by atoms with Crippen LogP contribution in [0.5, 0.6) is 5.75 Å². The molecule has 2 aromatic carbocycles. The molecule has 1 amide bonds. The number of carbonyl (C=O) groups excluding carboxylic acids is 1. The maximum Gasteiger partial charge on any atom is 0.228 e. The molecule has 0 aliphatic heterocycles. The molecule has 0 fully saturated rings. The van der Waals surface area contributed by atoms with Crippen LogP contribution in [0.1, 0.15) is 12.5 Å². The van der Waals surface area contributed by atoms with Gasteiger partial charge in [0, 0.05) is 22.5 Å². The Labute approximate surface area is 145 Å². The number of fused-ring (bicyclic) bond motifs is 1. The molecule has 3 rings (SSSR count). The molecule has 0 bridgehead atoms. The van der Waals surface area contributed by atoms with E-state index in [2.05, 4.69) is 10.3 Å². The highest BCUT2D eigenvalue weighted by Crippen LogP contribution is 2.29. The van der Waals surface area contributed by atoms with Crippen molar-refractivity contribution in [3.8, 4) is 5.75 Å². The molecule has 1 aromatic heterocycles. The highest BCUT2D eigenvalue weighted by Gasteiger charge is 2.13. The first kappa shape index (κ1) is 16.3. The second-order valence-corrected chi connectivity index (χ2v) is 5.70. The summed E-state index contributed by atoms with van der Waals surface area (Å²) in [4.78, 5) is 16.6. The van der Waals surface area contributed by atoms with Gasteiger partial charge in [-0.1, -0.05) is 48.0 Å². The Morgan fingerprint density at radius 1 is 1.17 bits per heavy atom. The summed E-state index contributed by atoms with van der Waals surface area (Å²) in [7, 11) is 0. The number of hydrogen-bond acceptors (Lipinski definition) is 3. The number of benzene rings is 2. The predicted molar refractivity (Wildman–Crippen MR) is 96.7 cm³/mol. The van der Waals surface area contributed by atoms with Gasteiger partial charge in [0.1, 0.15) is 5.75 Å². The minimum absolute atomic E-state index is 0.142. The summed E-state index contributed by atoms with van der Waals surface area (Å²) in [5.74, 6) is 0.421. The van der Waals surface area contributed by atoms with Gasteiger partial charge in [0.25, 0.3) is 0 Å². The van der Waals surface area contributed by atoms with Crippen LogP contribution in [0.25, 0.3) is 10.8 Å². The van der Waals surface area contributed by atoms with Crippen molar-refractivity contribution >= 4 is 34.0 Å². The lowest BCUT2D eigenvalue weighted by atomic mass is 10.1. The van der Waals surface area contributed by atoms with Gasteiger partial charge >= 0.3 is 0 Å². The first-order chi connectivity index (χ1) is 11.7. The van der Waals surface area contributed by atoms with Gasteiger partial charge in [-0.05, 0) is 13.0 Å². The maximum atomic E-state index is 12.5. The Morgan fingerprint density at radius 3 is 2.83 bits per heavy atom. The maximum absolute atomic E-state index is 12.5. The lowest BCUT2D eigenvalue weighted by Crippen LogP contribution is -2.15. The molecule has 24 heavy (non-hydrogen) atoms. The van der Waals surface area contributed by atoms with Crippen molar-refractivity contribution in [3.05, 3.63) is 65.4 Å². The molecule has 0 radical (unpaired) electrons. The third kappa shape index (κ3) is 3.49. The lowest BCUT2D eigenvalue weighted by Gasteiger charge is -2.12. The third-order valence-electron chi connectivity index (χ3n) is 3.63. The second kappa shape index (κ2) is 7.32. The number of anilines is 1. The fourth-order valence-corrected chi connectivity index (χ4v) is 2.83. The summed E-state index contributed by atoms with van der Waals surface area (Å²) < 4.78 is 5.56. The van der Waals surface area contributed by atoms with E-state index >= 15 is 0 Å². The molecule has 0 aliphatic carbocycles. The van der Waals surface area contributed by atoms with Crippen molar-refractivity contribution in [2.45, 2.75) is 13.3 Å². The molecule has 0 unspecified atom stereocenters. The number of amides is 1. The zero-order valence-electron chi connectivity index (χ0n) is 13.3. The van der Waals surface area contributed by atoms with Gasteiger partial charge in [0.05, 0.1) is 29.9 Å². The number of nitrogens with zero attached hydrogens (tertiary/aromatic N) is 1. The van der Waals surface area contributed by atoms with Crippen molar-refractivity contribution < 1.29 is 9.53 Å². The summed E-state index contributed by atoms with van der Waals surface area (Å²) in [6, 6.07) is 13.2. The van der Waals surface area contributed by atoms with Crippen molar-refractivity contribution in [2.24, 2.45) is 0 Å². The van der Waals surface area contributed by atoms with Gasteiger partial charge < -0.3 is 10.1 Å². The largest absolute Gasteiger partial charge is 0.492 e. The van der Waals surface area contributed by atoms with Gasteiger partial charge in [-0.2, -0.15) is 0 Å². The molecule has 0 aliphatic rings. The summed E-state index contributed by atoms with van der Waals surface area (Å²) in [6.07, 6.45) is 3.61. The van der Waals surface area contributed by atoms with Gasteiger partial charge in [-0.15, -0.1) is 0 Å². The molecular formula is C19H17ClN2O2. The molecule has 0 atom stereocenters. The van der Waals surface area contributed by atoms with Crippen molar-refractivity contribution in [1.82, 2.24) is 4.98 Å². The first-order valence-electron chi connectivity index (χ1n) is 7.72. The van der Waals surface area contributed by atoms with Crippen LogP contribution in [-0.2, 0) is 11.2 Å². The lowest BCUT2D eigenvalue weighted by molar-refractivity contribution is -0.115. The number of hydrogen-bond donors (Lipinski definition) is 1. The van der Waals surface area contributed by atoms with Crippen LogP contribution < -0.4 is 10.1 Å². The number of para-hydroxylation sites is 1. The molecule has 0 saturated heterocycles. The molecular weight excluding hydrogens is 324 g/mol. The van der Waals surface area contributed by atoms with Crippen LogP contribution in [0.15, 0.2) is 54.9 Å². The minimum Gasteiger partial charge on any atom is -0.492 e. The molecule has 1 heterocycles. The molecule has 4 nitrogen and oxygen atoms in total. The van der Waals surface area contributed by atoms with E-state index in [1.807, 2.05) is 43.3 Å². The molecule has 5 heteroatoms. The third-order valence-corrected chi connectivity index (χ3v) is 3.93. The monoisotopic (exact) mass is 340 g/mol. The number of nitrogens with one attached hydrogen (secondary N) is 1. The van der Waals surface area contributed by atoms with Crippen LogP contribution in [0.4, 0.5) is 5.69 Å². The molecule has 1 N–H and O–H groups in total. The Morgan fingerprint density at radius 2 is 2.00 bits per heavy atom. The number of rotatable bonds is 5. The normalized spacial score (nSPS) is 10.6. The average molecular weight is 341 g/mol. The molecule has 0 spiro atoms. The standard InChI is InChI=1S/C19H17ClN2O2/c1-2-24-19-13(7-5-9-16(19)20)10-18(23)22-17-12-21-11-14-6-3-4-8-15(14)17/h3-9,11-12H,2,10H2,1H3,(H,22,23). The van der Waals surface area contributed by atoms with Crippen LogP contribution >= 0.6 is 11.6 Å². The highest BCUT2D eigenvalue weighted by atomic mass is 35.5. The fraction of sp³-hybridized carbons (Fsp3) is 0.158. The van der Waals surface area contributed by atoms with Crippen LogP contribution in [0.3, 0.4) is 0 Å². The molecule has 122 valence electrons. The predicted octanol–water partition coefficient (Wildman–Crippen LogP) is 4.47. The number of pyridine rings is 1. The topological polar surface area (TPSA) is 51.2 Å². The quantitative estimate of drug-likeness (QED) is 0.745. The Kier molecular flexibility index (Phi) is 4.96. The van der Waals surface area contributed by atoms with E-state index in [4.69, 9.17) is 16.3 Å². The zero-order chi connectivity index (χ0) is 16.9. The number of halogens is 1. The Bertz CT molecular complexity index is 875. The molecule has 0 saturated carbocycles. The summed E-state index contributed by atoms with van der Waals surface area (Å²) in [5, 5.41) is 5.37. The van der Waals surface area contributed by atoms with E-state index in [1.54, 1.807) is 18.5 Å². The van der Waals surface area contributed by atoms with Crippen LogP contribution in [0.2, 0.25) is 5.02 Å². The first-order valence-corrected chi connectivity index (χ1v) is 8.09. The number of carbonyl (C=O) groups is 1. The molecule has 3 aromatic rings. The van der Waals surface area contributed by atoms with E-state index < -0.39 is 0 Å². The minimum atomic E-state index is -0.142. The van der Waals surface area contributed by atoms with Crippen LogP contribution in [-0.4, -0.2) is 17.5 Å². The van der Waals surface area contributed by atoms with Crippen molar-refractivity contribution in [3.63, 3.8) is 0 Å². The summed E-state index contributed by atoms with van der Waals surface area (Å²) in [5.41, 5.74) is 1.45. The van der Waals surface area contributed by atoms with Crippen LogP contribution in [0, 0.1) is 0 Å². The van der Waals surface area contributed by atoms with E-state index in [9.17, 15) is 4.79 Å². The number of ether oxygens (including phenoxy) is 1. The van der Waals surface area contributed by atoms with Gasteiger partial charge in [-0.25, -0.2) is 0 Å². The SMILES string of the molecule is CCOc1c(Cl)cccc1CC(=O)Nc1cncc2ccccc12. The Hall–Kier alpha value is -2.59. The zero-order valence-corrected chi connectivity index (χ0v) is 14.0. The van der Waals surface area contributed by atoms with E-state index in [-0.39, 0.29) is 12.3 Å². The van der Waals surface area contributed by atoms with Crippen molar-refractivity contribution in [1.29, 1.82) is 0 Å². The van der Waals surface area contributed by atoms with Gasteiger partial charge in [0.15, 0.2) is 0 Å².